The number of benzene rings is 1. The maximum atomic E-state index is 7.36. The van der Waals surface area contributed by atoms with Crippen molar-refractivity contribution < 1.29 is 0 Å². The van der Waals surface area contributed by atoms with Crippen LogP contribution >= 0.6 is 11.6 Å². The van der Waals surface area contributed by atoms with Crippen LogP contribution in [0.15, 0.2) is 29.8 Å². The fraction of sp³-hybridized carbons (Fsp3) is 0.636. The minimum atomic E-state index is -0.420. The smallest absolute Gasteiger partial charge is 0.117 e. The second-order valence-electron chi connectivity index (χ2n) is 7.84. The van der Waals surface area contributed by atoms with Crippen molar-refractivity contribution in [1.29, 1.82) is 0 Å². The molecule has 2 fully saturated rings. The van der Waals surface area contributed by atoms with Crippen LogP contribution in [0.3, 0.4) is 0 Å². The highest BCUT2D eigenvalue weighted by atomic mass is 35.5. The van der Waals surface area contributed by atoms with Crippen LogP contribution in [-0.4, -0.2) is 54.2 Å². The molecule has 2 heterocycles. The second-order valence-corrected chi connectivity index (χ2v) is 8.57. The standard InChI is InChI=1S/C22H34ClN3/c1-4-19(20-11-7-6-10-18(20)2)21(16-25-15-12-24-17-25)22(3,23)26-13-8-5-9-14-26/h6-7,10-11,24H,4-5,8-9,12-17H2,1-3H3/b21-19-. The van der Waals surface area contributed by atoms with E-state index >= 15 is 0 Å². The number of nitrogens with one attached hydrogen (secondary N) is 1. The Morgan fingerprint density at radius 2 is 1.88 bits per heavy atom. The maximum absolute atomic E-state index is 7.36. The van der Waals surface area contributed by atoms with Gasteiger partial charge >= 0.3 is 0 Å². The molecule has 2 saturated heterocycles. The molecule has 1 unspecified atom stereocenters. The van der Waals surface area contributed by atoms with Crippen LogP contribution < -0.4 is 5.32 Å². The van der Waals surface area contributed by atoms with Gasteiger partial charge in [-0.25, -0.2) is 0 Å². The van der Waals surface area contributed by atoms with Crippen molar-refractivity contribution in [2.24, 2.45) is 0 Å². The summed E-state index contributed by atoms with van der Waals surface area (Å²) in [5.74, 6) is 0. The van der Waals surface area contributed by atoms with Crippen molar-refractivity contribution in [1.82, 2.24) is 15.1 Å². The molecule has 2 aliphatic rings. The zero-order valence-electron chi connectivity index (χ0n) is 16.7. The van der Waals surface area contributed by atoms with Crippen molar-refractivity contribution in [3.63, 3.8) is 0 Å². The summed E-state index contributed by atoms with van der Waals surface area (Å²) in [6, 6.07) is 8.76. The molecule has 3 rings (SSSR count). The van der Waals surface area contributed by atoms with Gasteiger partial charge in [-0.2, -0.15) is 0 Å². The lowest BCUT2D eigenvalue weighted by atomic mass is 9.89. The predicted octanol–water partition coefficient (Wildman–Crippen LogP) is 4.46. The topological polar surface area (TPSA) is 18.5 Å². The highest BCUT2D eigenvalue weighted by Gasteiger charge is 2.37. The molecule has 0 bridgehead atoms. The third-order valence-corrected chi connectivity index (χ3v) is 6.48. The Morgan fingerprint density at radius 1 is 1.15 bits per heavy atom. The number of aryl methyl sites for hydroxylation is 1. The van der Waals surface area contributed by atoms with Gasteiger partial charge in [0, 0.05) is 39.4 Å². The fourth-order valence-electron chi connectivity index (χ4n) is 4.41. The van der Waals surface area contributed by atoms with Gasteiger partial charge in [-0.15, -0.1) is 0 Å². The van der Waals surface area contributed by atoms with Gasteiger partial charge in [0.1, 0.15) is 5.00 Å². The van der Waals surface area contributed by atoms with Crippen LogP contribution in [0, 0.1) is 6.92 Å². The number of rotatable bonds is 6. The molecule has 0 aliphatic carbocycles. The molecular weight excluding hydrogens is 342 g/mol. The molecule has 0 aromatic heterocycles. The molecule has 144 valence electrons. The van der Waals surface area contributed by atoms with Gasteiger partial charge in [0.25, 0.3) is 0 Å². The zero-order chi connectivity index (χ0) is 18.6. The minimum Gasteiger partial charge on any atom is -0.303 e. The minimum absolute atomic E-state index is 0.420. The van der Waals surface area contributed by atoms with Gasteiger partial charge in [-0.1, -0.05) is 49.2 Å². The van der Waals surface area contributed by atoms with E-state index in [1.54, 1.807) is 0 Å². The Kier molecular flexibility index (Phi) is 6.79. The first-order chi connectivity index (χ1) is 12.5. The Bertz CT molecular complexity index is 626. The summed E-state index contributed by atoms with van der Waals surface area (Å²) in [6.07, 6.45) is 4.86. The number of hydrogen-bond acceptors (Lipinski definition) is 3. The van der Waals surface area contributed by atoms with E-state index in [0.717, 1.165) is 45.8 Å². The number of hydrogen-bond donors (Lipinski definition) is 1. The summed E-state index contributed by atoms with van der Waals surface area (Å²) < 4.78 is 0. The molecule has 2 aliphatic heterocycles. The molecule has 1 aromatic carbocycles. The lowest BCUT2D eigenvalue weighted by Crippen LogP contribution is -2.48. The first kappa shape index (κ1) is 19.9. The van der Waals surface area contributed by atoms with Crippen molar-refractivity contribution >= 4 is 17.2 Å². The van der Waals surface area contributed by atoms with Crippen molar-refractivity contribution in [2.75, 3.05) is 39.4 Å². The van der Waals surface area contributed by atoms with Gasteiger partial charge in [0.15, 0.2) is 0 Å². The third-order valence-electron chi connectivity index (χ3n) is 6.01. The summed E-state index contributed by atoms with van der Waals surface area (Å²) in [7, 11) is 0. The van der Waals surface area contributed by atoms with E-state index in [9.17, 15) is 0 Å². The number of likely N-dealkylation sites (tertiary alicyclic amines) is 1. The molecular formula is C22H34ClN3. The van der Waals surface area contributed by atoms with E-state index in [2.05, 4.69) is 60.2 Å². The molecule has 1 atom stereocenters. The Morgan fingerprint density at radius 3 is 2.50 bits per heavy atom. The molecule has 0 amide bonds. The van der Waals surface area contributed by atoms with Crippen LogP contribution in [-0.2, 0) is 0 Å². The fourth-order valence-corrected chi connectivity index (χ4v) is 4.75. The number of piperidine rings is 1. The summed E-state index contributed by atoms with van der Waals surface area (Å²) in [5, 5.41) is 3.46. The first-order valence-corrected chi connectivity index (χ1v) is 10.6. The van der Waals surface area contributed by atoms with Crippen LogP contribution in [0.2, 0.25) is 0 Å². The van der Waals surface area contributed by atoms with Crippen LogP contribution in [0.25, 0.3) is 5.57 Å². The average Bonchev–Trinajstić information content (AvgIpc) is 3.17. The number of alkyl halides is 1. The molecule has 26 heavy (non-hydrogen) atoms. The van der Waals surface area contributed by atoms with Gasteiger partial charge in [0.2, 0.25) is 0 Å². The largest absolute Gasteiger partial charge is 0.303 e. The van der Waals surface area contributed by atoms with Gasteiger partial charge in [0.05, 0.1) is 0 Å². The van der Waals surface area contributed by atoms with Gasteiger partial charge in [-0.05, 0) is 55.4 Å². The van der Waals surface area contributed by atoms with E-state index in [1.165, 1.54) is 41.5 Å². The number of allylic oxidation sites excluding steroid dienone is 1. The summed E-state index contributed by atoms with van der Waals surface area (Å²) >= 11 is 7.36. The SMILES string of the molecule is CC/C(=C(\CN1CCNC1)C(C)(Cl)N1CCCCC1)c1ccccc1C. The first-order valence-electron chi connectivity index (χ1n) is 10.2. The van der Waals surface area contributed by atoms with Crippen molar-refractivity contribution in [3.05, 3.63) is 41.0 Å². The average molecular weight is 376 g/mol. The molecule has 3 nitrogen and oxygen atoms in total. The van der Waals surface area contributed by atoms with Gasteiger partial charge in [-0.3, -0.25) is 9.80 Å². The highest BCUT2D eigenvalue weighted by Crippen LogP contribution is 2.39. The van der Waals surface area contributed by atoms with Crippen molar-refractivity contribution in [3.8, 4) is 0 Å². The van der Waals surface area contributed by atoms with E-state index in [-0.39, 0.29) is 0 Å². The summed E-state index contributed by atoms with van der Waals surface area (Å²) in [6.45, 7) is 13.0. The molecule has 0 saturated carbocycles. The lowest BCUT2D eigenvalue weighted by molar-refractivity contribution is 0.160. The van der Waals surface area contributed by atoms with Crippen LogP contribution in [0.4, 0.5) is 0 Å². The molecule has 0 spiro atoms. The lowest BCUT2D eigenvalue weighted by Gasteiger charge is -2.42. The normalized spacial score (nSPS) is 22.9. The molecule has 1 N–H and O–H groups in total. The Hall–Kier alpha value is -0.870. The Balaban J connectivity index is 2.04. The van der Waals surface area contributed by atoms with Crippen LogP contribution in [0.5, 0.6) is 0 Å². The highest BCUT2D eigenvalue weighted by molar-refractivity contribution is 6.26. The summed E-state index contributed by atoms with van der Waals surface area (Å²) in [5.41, 5.74) is 5.52. The predicted molar refractivity (Wildman–Crippen MR) is 113 cm³/mol. The number of halogens is 1. The Labute approximate surface area is 164 Å². The molecule has 1 aromatic rings. The zero-order valence-corrected chi connectivity index (χ0v) is 17.4. The third kappa shape index (κ3) is 4.33. The van der Waals surface area contributed by atoms with E-state index in [0.29, 0.717) is 0 Å². The quantitative estimate of drug-likeness (QED) is 0.584. The maximum Gasteiger partial charge on any atom is 0.117 e. The van der Waals surface area contributed by atoms with E-state index in [4.69, 9.17) is 11.6 Å². The molecule has 4 heteroatoms. The molecule has 0 radical (unpaired) electrons. The number of nitrogens with zero attached hydrogens (tertiary/aromatic N) is 2. The summed E-state index contributed by atoms with van der Waals surface area (Å²) in [4.78, 5) is 4.58. The van der Waals surface area contributed by atoms with Gasteiger partial charge < -0.3 is 5.32 Å². The van der Waals surface area contributed by atoms with E-state index < -0.39 is 5.00 Å². The van der Waals surface area contributed by atoms with Crippen LogP contribution in [0.1, 0.15) is 50.7 Å². The van der Waals surface area contributed by atoms with E-state index in [1.807, 2.05) is 0 Å². The van der Waals surface area contributed by atoms with Crippen molar-refractivity contribution in [2.45, 2.75) is 51.5 Å². The second kappa shape index (κ2) is 8.88. The monoisotopic (exact) mass is 375 g/mol.